The van der Waals surface area contributed by atoms with E-state index in [4.69, 9.17) is 9.84 Å². The van der Waals surface area contributed by atoms with Crippen LogP contribution >= 0.6 is 0 Å². The number of rotatable bonds is 7. The van der Waals surface area contributed by atoms with Crippen molar-refractivity contribution in [3.8, 4) is 0 Å². The van der Waals surface area contributed by atoms with Crippen LogP contribution in [0.1, 0.15) is 26.2 Å². The molecule has 0 amide bonds. The lowest BCUT2D eigenvalue weighted by Gasteiger charge is -2.18. The molecule has 0 aromatic rings. The lowest BCUT2D eigenvalue weighted by molar-refractivity contribution is -0.150. The minimum atomic E-state index is -0.851. The van der Waals surface area contributed by atoms with E-state index >= 15 is 0 Å². The monoisotopic (exact) mass is 201 g/mol. The number of aliphatic carboxylic acids is 1. The maximum Gasteiger partial charge on any atom is 0.332 e. The highest BCUT2D eigenvalue weighted by Gasteiger charge is 2.27. The average molecular weight is 201 g/mol. The molecule has 0 aliphatic heterocycles. The molecule has 0 spiro atoms. The highest BCUT2D eigenvalue weighted by Crippen LogP contribution is 2.25. The molecule has 4 nitrogen and oxygen atoms in total. The predicted octanol–water partition coefficient (Wildman–Crippen LogP) is 0.960. The molecule has 14 heavy (non-hydrogen) atoms. The topological polar surface area (TPSA) is 49.8 Å². The quantitative estimate of drug-likeness (QED) is 0.666. The fourth-order valence-corrected chi connectivity index (χ4v) is 1.50. The summed E-state index contributed by atoms with van der Waals surface area (Å²) in [6.07, 6.45) is 2.45. The number of hydrogen-bond acceptors (Lipinski definition) is 3. The summed E-state index contributed by atoms with van der Waals surface area (Å²) in [5.74, 6) is -0.851. The summed E-state index contributed by atoms with van der Waals surface area (Å²) in [7, 11) is 2.04. The fraction of sp³-hybridized carbons (Fsp3) is 0.900. The van der Waals surface area contributed by atoms with E-state index in [1.807, 2.05) is 14.0 Å². The zero-order valence-corrected chi connectivity index (χ0v) is 8.90. The zero-order valence-electron chi connectivity index (χ0n) is 8.90. The van der Waals surface area contributed by atoms with Gasteiger partial charge in [0.2, 0.25) is 0 Å². The van der Waals surface area contributed by atoms with Gasteiger partial charge in [0.25, 0.3) is 0 Å². The first kappa shape index (κ1) is 11.5. The Bertz CT molecular complexity index is 192. The van der Waals surface area contributed by atoms with E-state index in [1.165, 1.54) is 12.8 Å². The molecule has 1 aliphatic rings. The molecular formula is C10H19NO3. The second-order valence-corrected chi connectivity index (χ2v) is 3.78. The Morgan fingerprint density at radius 1 is 1.64 bits per heavy atom. The van der Waals surface area contributed by atoms with Gasteiger partial charge in [0.1, 0.15) is 0 Å². The van der Waals surface area contributed by atoms with Crippen LogP contribution in [-0.2, 0) is 9.53 Å². The maximum absolute atomic E-state index is 10.7. The Morgan fingerprint density at radius 2 is 2.29 bits per heavy atom. The molecule has 0 aromatic carbocycles. The average Bonchev–Trinajstić information content (AvgIpc) is 2.94. The van der Waals surface area contributed by atoms with Crippen LogP contribution in [0.25, 0.3) is 0 Å². The molecule has 1 N–H and O–H groups in total. The van der Waals surface area contributed by atoms with Gasteiger partial charge in [-0.15, -0.1) is 0 Å². The Labute approximate surface area is 84.8 Å². The number of nitrogens with zero attached hydrogens (tertiary/aromatic N) is 1. The summed E-state index contributed by atoms with van der Waals surface area (Å²) >= 11 is 0. The molecule has 1 saturated carbocycles. The van der Waals surface area contributed by atoms with Gasteiger partial charge in [-0.3, -0.25) is 0 Å². The molecule has 1 atom stereocenters. The first-order valence-electron chi connectivity index (χ1n) is 5.19. The van der Waals surface area contributed by atoms with Gasteiger partial charge < -0.3 is 14.7 Å². The smallest absolute Gasteiger partial charge is 0.332 e. The third-order valence-electron chi connectivity index (χ3n) is 2.56. The van der Waals surface area contributed by atoms with Crippen LogP contribution in [0.2, 0.25) is 0 Å². The van der Waals surface area contributed by atoms with E-state index in [-0.39, 0.29) is 0 Å². The number of ether oxygens (including phenoxy) is 1. The second kappa shape index (κ2) is 5.32. The van der Waals surface area contributed by atoms with Crippen LogP contribution < -0.4 is 0 Å². The van der Waals surface area contributed by atoms with E-state index < -0.39 is 12.1 Å². The molecule has 4 heteroatoms. The summed E-state index contributed by atoms with van der Waals surface area (Å²) in [4.78, 5) is 13.0. The Kier molecular flexibility index (Phi) is 4.35. The van der Waals surface area contributed by atoms with Crippen molar-refractivity contribution in [1.29, 1.82) is 0 Å². The first-order chi connectivity index (χ1) is 6.65. The van der Waals surface area contributed by atoms with Crippen molar-refractivity contribution < 1.29 is 14.6 Å². The maximum atomic E-state index is 10.7. The molecular weight excluding hydrogens is 182 g/mol. The zero-order chi connectivity index (χ0) is 10.6. The Balaban J connectivity index is 2.20. The van der Waals surface area contributed by atoms with E-state index in [2.05, 4.69) is 4.90 Å². The van der Waals surface area contributed by atoms with Gasteiger partial charge in [-0.25, -0.2) is 4.79 Å². The number of hydrogen-bond donors (Lipinski definition) is 1. The molecule has 1 unspecified atom stereocenters. The molecule has 0 heterocycles. The lowest BCUT2D eigenvalue weighted by atomic mass is 10.2. The van der Waals surface area contributed by atoms with Crippen LogP contribution in [0, 0.1) is 0 Å². The van der Waals surface area contributed by atoms with Crippen molar-refractivity contribution in [1.82, 2.24) is 4.90 Å². The number of carbonyl (C=O) groups is 1. The summed E-state index contributed by atoms with van der Waals surface area (Å²) in [5.41, 5.74) is 0. The molecule has 0 radical (unpaired) electrons. The Hall–Kier alpha value is -0.610. The summed E-state index contributed by atoms with van der Waals surface area (Å²) < 4.78 is 5.13. The summed E-state index contributed by atoms with van der Waals surface area (Å²) in [6, 6.07) is 0.686. The molecule has 1 aliphatic carbocycles. The van der Waals surface area contributed by atoms with Crippen molar-refractivity contribution >= 4 is 5.97 Å². The van der Waals surface area contributed by atoms with E-state index in [9.17, 15) is 4.79 Å². The van der Waals surface area contributed by atoms with E-state index in [0.717, 1.165) is 6.54 Å². The van der Waals surface area contributed by atoms with Crippen molar-refractivity contribution in [2.45, 2.75) is 38.3 Å². The Morgan fingerprint density at radius 3 is 2.71 bits per heavy atom. The SMILES string of the molecule is CCOC(CCN(C)C1CC1)C(=O)O. The largest absolute Gasteiger partial charge is 0.479 e. The van der Waals surface area contributed by atoms with E-state index in [1.54, 1.807) is 0 Å². The van der Waals surface area contributed by atoms with Crippen molar-refractivity contribution in [2.75, 3.05) is 20.2 Å². The molecule has 0 saturated heterocycles. The molecule has 82 valence electrons. The van der Waals surface area contributed by atoms with Gasteiger partial charge in [0.05, 0.1) is 0 Å². The summed E-state index contributed by atoms with van der Waals surface area (Å²) in [5, 5.41) is 8.83. The number of carboxylic acid groups (broad SMARTS) is 1. The highest BCUT2D eigenvalue weighted by molar-refractivity contribution is 5.72. The minimum Gasteiger partial charge on any atom is -0.479 e. The van der Waals surface area contributed by atoms with Crippen LogP contribution in [0.5, 0.6) is 0 Å². The van der Waals surface area contributed by atoms with Crippen molar-refractivity contribution in [3.05, 3.63) is 0 Å². The molecule has 1 fully saturated rings. The van der Waals surface area contributed by atoms with Gasteiger partial charge in [-0.1, -0.05) is 0 Å². The van der Waals surface area contributed by atoms with Crippen LogP contribution in [0.4, 0.5) is 0 Å². The van der Waals surface area contributed by atoms with Gasteiger partial charge >= 0.3 is 5.97 Å². The predicted molar refractivity (Wildman–Crippen MR) is 53.3 cm³/mol. The highest BCUT2D eigenvalue weighted by atomic mass is 16.5. The third kappa shape index (κ3) is 3.64. The fourth-order valence-electron chi connectivity index (χ4n) is 1.50. The van der Waals surface area contributed by atoms with Gasteiger partial charge in [-0.2, -0.15) is 0 Å². The summed E-state index contributed by atoms with van der Waals surface area (Å²) in [6.45, 7) is 3.09. The first-order valence-corrected chi connectivity index (χ1v) is 5.19. The molecule has 0 aromatic heterocycles. The lowest BCUT2D eigenvalue weighted by Crippen LogP contribution is -2.31. The normalized spacial score (nSPS) is 18.5. The van der Waals surface area contributed by atoms with Gasteiger partial charge in [0.15, 0.2) is 6.10 Å². The third-order valence-corrected chi connectivity index (χ3v) is 2.56. The van der Waals surface area contributed by atoms with Crippen molar-refractivity contribution in [2.24, 2.45) is 0 Å². The van der Waals surface area contributed by atoms with Crippen LogP contribution in [0.3, 0.4) is 0 Å². The minimum absolute atomic E-state index is 0.462. The molecule has 1 rings (SSSR count). The van der Waals surface area contributed by atoms with Gasteiger partial charge in [0, 0.05) is 19.2 Å². The van der Waals surface area contributed by atoms with Crippen molar-refractivity contribution in [3.63, 3.8) is 0 Å². The van der Waals surface area contributed by atoms with E-state index in [0.29, 0.717) is 19.1 Å². The number of carboxylic acids is 1. The van der Waals surface area contributed by atoms with Crippen LogP contribution in [-0.4, -0.2) is 48.3 Å². The van der Waals surface area contributed by atoms with Crippen LogP contribution in [0.15, 0.2) is 0 Å². The second-order valence-electron chi connectivity index (χ2n) is 3.78. The standard InChI is InChI=1S/C10H19NO3/c1-3-14-9(10(12)13)6-7-11(2)8-4-5-8/h8-9H,3-7H2,1-2H3,(H,12,13). The molecule has 0 bridgehead atoms. The van der Waals surface area contributed by atoms with Gasteiger partial charge in [-0.05, 0) is 33.2 Å².